The first-order valence-corrected chi connectivity index (χ1v) is 3.92. The molecule has 0 aromatic rings. The van der Waals surface area contributed by atoms with Crippen LogP contribution in [-0.4, -0.2) is 30.9 Å². The minimum atomic E-state index is 0.858. The van der Waals surface area contributed by atoms with Gasteiger partial charge in [0.2, 0.25) is 0 Å². The first-order chi connectivity index (χ1) is 4.74. The molecule has 0 bridgehead atoms. The Morgan fingerprint density at radius 2 is 2.30 bits per heavy atom. The highest BCUT2D eigenvalue weighted by atomic mass is 15.2. The zero-order valence-corrected chi connectivity index (χ0v) is 7.09. The van der Waals surface area contributed by atoms with Crippen LogP contribution in [0.5, 0.6) is 0 Å². The molecule has 1 heterocycles. The van der Waals surface area contributed by atoms with E-state index in [4.69, 9.17) is 0 Å². The SMILES string of the molecule is CN=C(C)N1CCC(C)C1. The van der Waals surface area contributed by atoms with Crippen molar-refractivity contribution in [3.63, 3.8) is 0 Å². The summed E-state index contributed by atoms with van der Waals surface area (Å²) < 4.78 is 0. The van der Waals surface area contributed by atoms with E-state index in [1.54, 1.807) is 0 Å². The number of rotatable bonds is 0. The highest BCUT2D eigenvalue weighted by Gasteiger charge is 2.18. The van der Waals surface area contributed by atoms with Gasteiger partial charge in [-0.15, -0.1) is 0 Å². The maximum Gasteiger partial charge on any atom is 0.0954 e. The Hall–Kier alpha value is -0.530. The van der Waals surface area contributed by atoms with Crippen LogP contribution >= 0.6 is 0 Å². The smallest absolute Gasteiger partial charge is 0.0954 e. The molecule has 0 spiro atoms. The second-order valence-electron chi connectivity index (χ2n) is 3.11. The molecule has 0 aliphatic carbocycles. The summed E-state index contributed by atoms with van der Waals surface area (Å²) in [6, 6.07) is 0. The summed E-state index contributed by atoms with van der Waals surface area (Å²) in [6.07, 6.45) is 1.33. The molecular weight excluding hydrogens is 124 g/mol. The normalized spacial score (nSPS) is 27.7. The van der Waals surface area contributed by atoms with Crippen LogP contribution in [-0.2, 0) is 0 Å². The molecule has 2 nitrogen and oxygen atoms in total. The highest BCUT2D eigenvalue weighted by molar-refractivity contribution is 5.79. The Morgan fingerprint density at radius 3 is 2.70 bits per heavy atom. The van der Waals surface area contributed by atoms with Gasteiger partial charge >= 0.3 is 0 Å². The predicted molar refractivity (Wildman–Crippen MR) is 44.4 cm³/mol. The van der Waals surface area contributed by atoms with Crippen molar-refractivity contribution in [3.05, 3.63) is 0 Å². The van der Waals surface area contributed by atoms with Crippen molar-refractivity contribution in [1.29, 1.82) is 0 Å². The fourth-order valence-corrected chi connectivity index (χ4v) is 1.37. The quantitative estimate of drug-likeness (QED) is 0.366. The molecule has 0 radical (unpaired) electrons. The monoisotopic (exact) mass is 140 g/mol. The maximum absolute atomic E-state index is 4.15. The lowest BCUT2D eigenvalue weighted by atomic mass is 10.2. The van der Waals surface area contributed by atoms with E-state index in [1.807, 2.05) is 7.05 Å². The molecule has 1 fully saturated rings. The third-order valence-electron chi connectivity index (χ3n) is 2.21. The summed E-state index contributed by atoms with van der Waals surface area (Å²) in [7, 11) is 1.86. The van der Waals surface area contributed by atoms with Gasteiger partial charge in [-0.1, -0.05) is 6.92 Å². The third kappa shape index (κ3) is 1.49. The van der Waals surface area contributed by atoms with Crippen LogP contribution in [0.3, 0.4) is 0 Å². The van der Waals surface area contributed by atoms with E-state index in [9.17, 15) is 0 Å². The average molecular weight is 140 g/mol. The van der Waals surface area contributed by atoms with Crippen molar-refractivity contribution in [1.82, 2.24) is 4.90 Å². The predicted octanol–water partition coefficient (Wildman–Crippen LogP) is 1.38. The zero-order chi connectivity index (χ0) is 7.56. The second kappa shape index (κ2) is 3.04. The molecule has 1 aliphatic rings. The maximum atomic E-state index is 4.15. The third-order valence-corrected chi connectivity index (χ3v) is 2.21. The van der Waals surface area contributed by atoms with Crippen molar-refractivity contribution >= 4 is 5.84 Å². The second-order valence-corrected chi connectivity index (χ2v) is 3.11. The van der Waals surface area contributed by atoms with Gasteiger partial charge in [-0.25, -0.2) is 0 Å². The lowest BCUT2D eigenvalue weighted by Gasteiger charge is -2.16. The topological polar surface area (TPSA) is 15.6 Å². The summed E-state index contributed by atoms with van der Waals surface area (Å²) in [4.78, 5) is 6.50. The van der Waals surface area contributed by atoms with Crippen molar-refractivity contribution in [2.45, 2.75) is 20.3 Å². The van der Waals surface area contributed by atoms with Crippen LogP contribution in [0.4, 0.5) is 0 Å². The standard InChI is InChI=1S/C8H16N2/c1-7-4-5-10(6-7)8(2)9-3/h7H,4-6H2,1-3H3. The van der Waals surface area contributed by atoms with Crippen molar-refractivity contribution in [2.75, 3.05) is 20.1 Å². The first kappa shape index (κ1) is 7.58. The summed E-state index contributed by atoms with van der Waals surface area (Å²) >= 11 is 0. The molecule has 10 heavy (non-hydrogen) atoms. The Balaban J connectivity index is 2.45. The summed E-state index contributed by atoms with van der Waals surface area (Å²) in [6.45, 7) is 6.77. The average Bonchev–Trinajstić information content (AvgIpc) is 2.34. The van der Waals surface area contributed by atoms with Gasteiger partial charge in [0.15, 0.2) is 0 Å². The lowest BCUT2D eigenvalue weighted by Crippen LogP contribution is -2.25. The van der Waals surface area contributed by atoms with Gasteiger partial charge < -0.3 is 4.90 Å². The van der Waals surface area contributed by atoms with Gasteiger partial charge in [0.1, 0.15) is 0 Å². The van der Waals surface area contributed by atoms with Gasteiger partial charge in [0, 0.05) is 20.1 Å². The highest BCUT2D eigenvalue weighted by Crippen LogP contribution is 2.14. The molecule has 1 atom stereocenters. The van der Waals surface area contributed by atoms with E-state index >= 15 is 0 Å². The van der Waals surface area contributed by atoms with E-state index in [-0.39, 0.29) is 0 Å². The van der Waals surface area contributed by atoms with Gasteiger partial charge in [0.25, 0.3) is 0 Å². The van der Waals surface area contributed by atoms with Crippen LogP contribution in [0.1, 0.15) is 20.3 Å². The van der Waals surface area contributed by atoms with Crippen LogP contribution in [0.2, 0.25) is 0 Å². The number of hydrogen-bond donors (Lipinski definition) is 0. The lowest BCUT2D eigenvalue weighted by molar-refractivity contribution is 0.491. The van der Waals surface area contributed by atoms with Crippen LogP contribution < -0.4 is 0 Å². The van der Waals surface area contributed by atoms with Gasteiger partial charge in [-0.3, -0.25) is 4.99 Å². The summed E-state index contributed by atoms with van der Waals surface area (Å²) in [5.74, 6) is 2.04. The van der Waals surface area contributed by atoms with Gasteiger partial charge in [-0.05, 0) is 19.3 Å². The number of aliphatic imine (C=N–C) groups is 1. The van der Waals surface area contributed by atoms with Crippen molar-refractivity contribution in [3.8, 4) is 0 Å². The molecule has 1 saturated heterocycles. The molecule has 1 aliphatic heterocycles. The first-order valence-electron chi connectivity index (χ1n) is 3.92. The molecule has 0 amide bonds. The fraction of sp³-hybridized carbons (Fsp3) is 0.875. The molecule has 0 aromatic heterocycles. The minimum absolute atomic E-state index is 0.858. The van der Waals surface area contributed by atoms with E-state index in [1.165, 1.54) is 25.3 Å². The minimum Gasteiger partial charge on any atom is -0.360 e. The Labute approximate surface area is 62.9 Å². The number of likely N-dealkylation sites (tertiary alicyclic amines) is 1. The number of hydrogen-bond acceptors (Lipinski definition) is 1. The van der Waals surface area contributed by atoms with Gasteiger partial charge in [0.05, 0.1) is 5.84 Å². The van der Waals surface area contributed by atoms with E-state index < -0.39 is 0 Å². The van der Waals surface area contributed by atoms with Gasteiger partial charge in [-0.2, -0.15) is 0 Å². The van der Waals surface area contributed by atoms with Crippen molar-refractivity contribution < 1.29 is 0 Å². The molecule has 0 N–H and O–H groups in total. The van der Waals surface area contributed by atoms with E-state index in [0.717, 1.165) is 5.92 Å². The Kier molecular flexibility index (Phi) is 2.30. The fourth-order valence-electron chi connectivity index (χ4n) is 1.37. The molecule has 2 heteroatoms. The molecule has 1 unspecified atom stereocenters. The zero-order valence-electron chi connectivity index (χ0n) is 7.09. The Bertz CT molecular complexity index is 140. The van der Waals surface area contributed by atoms with Crippen LogP contribution in [0.25, 0.3) is 0 Å². The molecular formula is C8H16N2. The van der Waals surface area contributed by atoms with Crippen LogP contribution in [0.15, 0.2) is 4.99 Å². The Morgan fingerprint density at radius 1 is 1.60 bits per heavy atom. The van der Waals surface area contributed by atoms with Crippen molar-refractivity contribution in [2.24, 2.45) is 10.9 Å². The largest absolute Gasteiger partial charge is 0.360 e. The molecule has 58 valence electrons. The number of nitrogens with zero attached hydrogens (tertiary/aromatic N) is 2. The molecule has 0 aromatic carbocycles. The van der Waals surface area contributed by atoms with Crippen LogP contribution in [0, 0.1) is 5.92 Å². The molecule has 0 saturated carbocycles. The van der Waals surface area contributed by atoms with E-state index in [0.29, 0.717) is 0 Å². The summed E-state index contributed by atoms with van der Waals surface area (Å²) in [5, 5.41) is 0. The number of amidine groups is 1. The van der Waals surface area contributed by atoms with E-state index in [2.05, 4.69) is 23.7 Å². The summed E-state index contributed by atoms with van der Waals surface area (Å²) in [5.41, 5.74) is 0. The molecule has 1 rings (SSSR count).